The fraction of sp³-hybridized carbons (Fsp3) is 0.938. The summed E-state index contributed by atoms with van der Waals surface area (Å²) in [5, 5.41) is 12.4. The van der Waals surface area contributed by atoms with E-state index < -0.39 is 11.5 Å². The number of rotatable bonds is 13. The first-order valence-corrected chi connectivity index (χ1v) is 8.16. The number of nitrogens with zero attached hydrogens (tertiary/aromatic N) is 1. The van der Waals surface area contributed by atoms with Crippen molar-refractivity contribution in [3.8, 4) is 0 Å². The molecular weight excluding hydrogens is 268 g/mol. The summed E-state index contributed by atoms with van der Waals surface area (Å²) in [6, 6.07) is 0.551. The van der Waals surface area contributed by atoms with Crippen molar-refractivity contribution in [2.45, 2.75) is 64.5 Å². The van der Waals surface area contributed by atoms with E-state index in [0.717, 1.165) is 39.0 Å². The smallest absolute Gasteiger partial charge is 0.323 e. The molecule has 5 nitrogen and oxygen atoms in total. The number of hydrogen-bond acceptors (Lipinski definition) is 4. The molecule has 1 atom stereocenters. The Balaban J connectivity index is 4.55. The van der Waals surface area contributed by atoms with Crippen LogP contribution in [0.15, 0.2) is 0 Å². The van der Waals surface area contributed by atoms with E-state index in [0.29, 0.717) is 18.9 Å². The van der Waals surface area contributed by atoms with Crippen LogP contribution in [-0.2, 0) is 9.53 Å². The largest absolute Gasteiger partial charge is 0.480 e. The monoisotopic (exact) mass is 302 g/mol. The van der Waals surface area contributed by atoms with Crippen LogP contribution in [0.25, 0.3) is 0 Å². The number of carbonyl (C=O) groups is 1. The maximum atomic E-state index is 11.5. The Hall–Kier alpha value is -0.650. The average Bonchev–Trinajstić information content (AvgIpc) is 2.49. The maximum absolute atomic E-state index is 11.5. The first-order valence-electron chi connectivity index (χ1n) is 8.16. The summed E-state index contributed by atoms with van der Waals surface area (Å²) in [4.78, 5) is 13.9. The summed E-state index contributed by atoms with van der Waals surface area (Å²) in [5.74, 6) is -0.751. The van der Waals surface area contributed by atoms with Crippen LogP contribution in [-0.4, -0.2) is 61.4 Å². The minimum Gasteiger partial charge on any atom is -0.480 e. The number of methoxy groups -OCH3 is 1. The number of ether oxygens (including phenoxy) is 1. The van der Waals surface area contributed by atoms with Crippen LogP contribution in [0.1, 0.15) is 52.9 Å². The molecule has 2 N–H and O–H groups in total. The first-order chi connectivity index (χ1) is 10.0. The predicted molar refractivity (Wildman–Crippen MR) is 86.8 cm³/mol. The number of carboxylic acid groups (broad SMARTS) is 1. The van der Waals surface area contributed by atoms with Gasteiger partial charge < -0.3 is 15.2 Å². The van der Waals surface area contributed by atoms with Crippen molar-refractivity contribution in [1.29, 1.82) is 0 Å². The van der Waals surface area contributed by atoms with Gasteiger partial charge in [-0.05, 0) is 45.7 Å². The molecule has 0 rings (SSSR count). The van der Waals surface area contributed by atoms with E-state index >= 15 is 0 Å². The molecule has 0 aromatic rings. The molecule has 0 spiro atoms. The summed E-state index contributed by atoms with van der Waals surface area (Å²) in [5.41, 5.74) is -0.791. The normalized spacial score (nSPS) is 14.6. The quantitative estimate of drug-likeness (QED) is 0.547. The zero-order valence-electron chi connectivity index (χ0n) is 14.4. The molecule has 0 fully saturated rings. The minimum absolute atomic E-state index is 0.551. The molecular formula is C16H34N2O3. The second-order valence-electron chi connectivity index (χ2n) is 5.59. The van der Waals surface area contributed by atoms with Gasteiger partial charge in [0.05, 0.1) is 6.61 Å². The number of nitrogens with one attached hydrogen (secondary N) is 1. The van der Waals surface area contributed by atoms with Gasteiger partial charge in [0.1, 0.15) is 5.54 Å². The fourth-order valence-electron chi connectivity index (χ4n) is 2.92. The van der Waals surface area contributed by atoms with E-state index in [1.165, 1.54) is 0 Å². The van der Waals surface area contributed by atoms with Gasteiger partial charge in [-0.1, -0.05) is 20.8 Å². The molecule has 0 saturated heterocycles. The Kier molecular flexibility index (Phi) is 10.6. The fourth-order valence-corrected chi connectivity index (χ4v) is 2.92. The molecule has 21 heavy (non-hydrogen) atoms. The van der Waals surface area contributed by atoms with E-state index in [-0.39, 0.29) is 0 Å². The lowest BCUT2D eigenvalue weighted by Crippen LogP contribution is -2.50. The molecule has 0 aromatic heterocycles. The summed E-state index contributed by atoms with van der Waals surface area (Å²) in [6.45, 7) is 8.89. The van der Waals surface area contributed by atoms with Gasteiger partial charge in [-0.25, -0.2) is 0 Å². The highest BCUT2D eigenvalue weighted by Gasteiger charge is 2.34. The van der Waals surface area contributed by atoms with Gasteiger partial charge in [-0.2, -0.15) is 0 Å². The number of likely N-dealkylation sites (N-methyl/N-ethyl adjacent to an activating group) is 1. The molecule has 0 aliphatic heterocycles. The third-order valence-electron chi connectivity index (χ3n) is 4.58. The molecule has 0 aliphatic carbocycles. The number of aliphatic carboxylic acids is 1. The lowest BCUT2D eigenvalue weighted by atomic mass is 9.90. The zero-order valence-corrected chi connectivity index (χ0v) is 14.4. The summed E-state index contributed by atoms with van der Waals surface area (Å²) >= 11 is 0. The van der Waals surface area contributed by atoms with Gasteiger partial charge in [-0.15, -0.1) is 0 Å². The average molecular weight is 302 g/mol. The van der Waals surface area contributed by atoms with Crippen molar-refractivity contribution < 1.29 is 14.6 Å². The second-order valence-corrected chi connectivity index (χ2v) is 5.59. The lowest BCUT2D eigenvalue weighted by Gasteiger charge is -2.32. The highest BCUT2D eigenvalue weighted by atomic mass is 16.5. The van der Waals surface area contributed by atoms with E-state index in [1.54, 1.807) is 14.2 Å². The van der Waals surface area contributed by atoms with Gasteiger partial charge in [0.2, 0.25) is 0 Å². The van der Waals surface area contributed by atoms with Crippen LogP contribution >= 0.6 is 0 Å². The molecule has 0 bridgehead atoms. The predicted octanol–water partition coefficient (Wildman–Crippen LogP) is 2.36. The zero-order chi connectivity index (χ0) is 16.3. The van der Waals surface area contributed by atoms with Crippen LogP contribution in [0, 0.1) is 0 Å². The maximum Gasteiger partial charge on any atom is 0.323 e. The van der Waals surface area contributed by atoms with Crippen molar-refractivity contribution in [3.63, 3.8) is 0 Å². The molecule has 0 aliphatic rings. The third kappa shape index (κ3) is 6.32. The molecule has 126 valence electrons. The number of hydrogen-bond donors (Lipinski definition) is 2. The SMILES string of the molecule is CCC(CC)N(CCCC(CC)(NC)C(=O)O)CCOC. The molecule has 0 aromatic carbocycles. The van der Waals surface area contributed by atoms with Crippen LogP contribution in [0.3, 0.4) is 0 Å². The van der Waals surface area contributed by atoms with Gasteiger partial charge in [0.15, 0.2) is 0 Å². The van der Waals surface area contributed by atoms with Crippen molar-refractivity contribution in [1.82, 2.24) is 10.2 Å². The Morgan fingerprint density at radius 1 is 1.29 bits per heavy atom. The molecule has 0 radical (unpaired) electrons. The van der Waals surface area contributed by atoms with Crippen LogP contribution in [0.5, 0.6) is 0 Å². The lowest BCUT2D eigenvalue weighted by molar-refractivity contribution is -0.145. The highest BCUT2D eigenvalue weighted by molar-refractivity contribution is 5.78. The van der Waals surface area contributed by atoms with Gasteiger partial charge >= 0.3 is 5.97 Å². The van der Waals surface area contributed by atoms with E-state index in [2.05, 4.69) is 24.1 Å². The van der Waals surface area contributed by atoms with Crippen LogP contribution in [0.4, 0.5) is 0 Å². The Labute approximate surface area is 130 Å². The van der Waals surface area contributed by atoms with E-state index in [1.807, 2.05) is 6.92 Å². The molecule has 0 heterocycles. The van der Waals surface area contributed by atoms with Crippen molar-refractivity contribution in [3.05, 3.63) is 0 Å². The van der Waals surface area contributed by atoms with E-state index in [9.17, 15) is 9.90 Å². The Bertz CT molecular complexity index is 277. The third-order valence-corrected chi connectivity index (χ3v) is 4.58. The molecule has 1 unspecified atom stereocenters. The summed E-state index contributed by atoms with van der Waals surface area (Å²) < 4.78 is 5.19. The molecule has 5 heteroatoms. The minimum atomic E-state index is -0.791. The summed E-state index contributed by atoms with van der Waals surface area (Å²) in [6.07, 6.45) is 4.36. The van der Waals surface area contributed by atoms with Crippen LogP contribution < -0.4 is 5.32 Å². The Morgan fingerprint density at radius 3 is 2.29 bits per heavy atom. The first kappa shape index (κ1) is 20.3. The van der Waals surface area contributed by atoms with Crippen molar-refractivity contribution in [2.75, 3.05) is 33.9 Å². The topological polar surface area (TPSA) is 61.8 Å². The van der Waals surface area contributed by atoms with Gasteiger partial charge in [-0.3, -0.25) is 9.69 Å². The van der Waals surface area contributed by atoms with Gasteiger partial charge in [0.25, 0.3) is 0 Å². The Morgan fingerprint density at radius 2 is 1.90 bits per heavy atom. The molecule has 0 saturated carbocycles. The van der Waals surface area contributed by atoms with Gasteiger partial charge in [0, 0.05) is 19.7 Å². The molecule has 0 amide bonds. The van der Waals surface area contributed by atoms with Crippen molar-refractivity contribution in [2.24, 2.45) is 0 Å². The van der Waals surface area contributed by atoms with Crippen molar-refractivity contribution >= 4 is 5.97 Å². The van der Waals surface area contributed by atoms with Crippen LogP contribution in [0.2, 0.25) is 0 Å². The highest BCUT2D eigenvalue weighted by Crippen LogP contribution is 2.19. The number of carboxylic acids is 1. The standard InChI is InChI=1S/C16H34N2O3/c1-6-14(7-2)18(12-13-21-5)11-9-10-16(8-3,17-4)15(19)20/h14,17H,6-13H2,1-5H3,(H,19,20). The second kappa shape index (κ2) is 11.0. The summed E-state index contributed by atoms with van der Waals surface area (Å²) in [7, 11) is 3.46. The van der Waals surface area contributed by atoms with E-state index in [4.69, 9.17) is 4.74 Å².